The van der Waals surface area contributed by atoms with E-state index in [9.17, 15) is 4.79 Å². The minimum Gasteiger partial charge on any atom is -0.328 e. The predicted molar refractivity (Wildman–Crippen MR) is 74.2 cm³/mol. The predicted octanol–water partition coefficient (Wildman–Crippen LogP) is 1.22. The number of carbonyl (C=O) groups is 1. The van der Waals surface area contributed by atoms with Crippen molar-refractivity contribution < 1.29 is 4.79 Å². The molecule has 1 saturated carbocycles. The van der Waals surface area contributed by atoms with Crippen LogP contribution in [0.2, 0.25) is 0 Å². The number of nitrogens with zero attached hydrogens (tertiary/aromatic N) is 3. The topological polar surface area (TPSA) is 85.3 Å². The maximum absolute atomic E-state index is 12.1. The molecule has 3 N–H and O–H groups in total. The Bertz CT molecular complexity index is 584. The van der Waals surface area contributed by atoms with Gasteiger partial charge in [0.05, 0.1) is 6.20 Å². The zero-order valence-corrected chi connectivity index (χ0v) is 11.1. The smallest absolute Gasteiger partial charge is 0.228 e. The van der Waals surface area contributed by atoms with Gasteiger partial charge in [-0.1, -0.05) is 0 Å². The summed E-state index contributed by atoms with van der Waals surface area (Å²) in [5.41, 5.74) is 6.54. The van der Waals surface area contributed by atoms with E-state index in [1.807, 2.05) is 0 Å². The fraction of sp³-hybridized carbons (Fsp3) is 0.417. The van der Waals surface area contributed by atoms with Crippen LogP contribution < -0.4 is 11.1 Å². The summed E-state index contributed by atoms with van der Waals surface area (Å²) in [6.45, 7) is 0. The molecule has 2 aromatic heterocycles. The Labute approximate surface area is 116 Å². The van der Waals surface area contributed by atoms with Gasteiger partial charge in [0.15, 0.2) is 5.65 Å². The maximum atomic E-state index is 12.1. The first-order valence-corrected chi connectivity index (χ1v) is 6.09. The van der Waals surface area contributed by atoms with Crippen LogP contribution in [0.3, 0.4) is 0 Å². The van der Waals surface area contributed by atoms with Crippen molar-refractivity contribution in [1.82, 2.24) is 14.6 Å². The minimum absolute atomic E-state index is 0. The van der Waals surface area contributed by atoms with Crippen LogP contribution >= 0.6 is 12.4 Å². The van der Waals surface area contributed by atoms with E-state index in [0.29, 0.717) is 5.82 Å². The van der Waals surface area contributed by atoms with Crippen LogP contribution in [0, 0.1) is 5.92 Å². The van der Waals surface area contributed by atoms with Gasteiger partial charge in [-0.05, 0) is 25.3 Å². The molecule has 2 aromatic rings. The number of nitrogens with two attached hydrogens (primary N) is 1. The average molecular weight is 282 g/mol. The second kappa shape index (κ2) is 5.54. The molecule has 1 fully saturated rings. The molecule has 2 atom stereocenters. The molecule has 0 aliphatic heterocycles. The van der Waals surface area contributed by atoms with Gasteiger partial charge in [-0.2, -0.15) is 9.61 Å². The quantitative estimate of drug-likeness (QED) is 0.867. The van der Waals surface area contributed by atoms with E-state index in [4.69, 9.17) is 5.73 Å². The van der Waals surface area contributed by atoms with Crippen LogP contribution in [0.1, 0.15) is 19.3 Å². The van der Waals surface area contributed by atoms with Crippen molar-refractivity contribution in [3.05, 3.63) is 24.5 Å². The Balaban J connectivity index is 0.00000133. The summed E-state index contributed by atoms with van der Waals surface area (Å²) in [5.74, 6) is 0.681. The lowest BCUT2D eigenvalue weighted by molar-refractivity contribution is -0.119. The van der Waals surface area contributed by atoms with E-state index in [1.54, 1.807) is 29.0 Å². The van der Waals surface area contributed by atoms with Crippen molar-refractivity contribution in [2.75, 3.05) is 5.32 Å². The van der Waals surface area contributed by atoms with Gasteiger partial charge in [0.2, 0.25) is 5.91 Å². The van der Waals surface area contributed by atoms with Crippen molar-refractivity contribution >= 4 is 29.8 Å². The molecule has 2 unspecified atom stereocenters. The van der Waals surface area contributed by atoms with Crippen molar-refractivity contribution in [2.45, 2.75) is 25.3 Å². The van der Waals surface area contributed by atoms with E-state index in [2.05, 4.69) is 15.4 Å². The summed E-state index contributed by atoms with van der Waals surface area (Å²) in [5, 5.41) is 7.03. The standard InChI is InChI=1S/C12H15N5O.ClH/c13-9-2-1-8(7-9)12(18)16-11-3-5-14-10-4-6-15-17(10)11;/h3-6,8-9H,1-2,7,13H2,(H,16,18);1H. The van der Waals surface area contributed by atoms with Gasteiger partial charge in [0, 0.05) is 24.2 Å². The first-order valence-electron chi connectivity index (χ1n) is 6.09. The van der Waals surface area contributed by atoms with Crippen LogP contribution in [0.25, 0.3) is 5.65 Å². The van der Waals surface area contributed by atoms with Crippen molar-refractivity contribution in [3.63, 3.8) is 0 Å². The van der Waals surface area contributed by atoms with Crippen LogP contribution in [-0.4, -0.2) is 26.5 Å². The van der Waals surface area contributed by atoms with E-state index in [0.717, 1.165) is 24.9 Å². The van der Waals surface area contributed by atoms with Crippen LogP contribution in [0.15, 0.2) is 24.5 Å². The third kappa shape index (κ3) is 2.69. The summed E-state index contributed by atoms with van der Waals surface area (Å²) < 4.78 is 1.62. The van der Waals surface area contributed by atoms with Crippen molar-refractivity contribution in [1.29, 1.82) is 0 Å². The van der Waals surface area contributed by atoms with Crippen LogP contribution in [0.5, 0.6) is 0 Å². The summed E-state index contributed by atoms with van der Waals surface area (Å²) in [7, 11) is 0. The van der Waals surface area contributed by atoms with Gasteiger partial charge >= 0.3 is 0 Å². The second-order valence-corrected chi connectivity index (χ2v) is 4.69. The number of aromatic nitrogens is 3. The highest BCUT2D eigenvalue weighted by atomic mass is 35.5. The Kier molecular flexibility index (Phi) is 4.01. The number of hydrogen-bond donors (Lipinski definition) is 2. The minimum atomic E-state index is 0. The summed E-state index contributed by atoms with van der Waals surface area (Å²) in [4.78, 5) is 16.2. The normalized spacial score (nSPS) is 22.2. The third-order valence-electron chi connectivity index (χ3n) is 3.39. The summed E-state index contributed by atoms with van der Waals surface area (Å²) in [6, 6.07) is 3.69. The largest absolute Gasteiger partial charge is 0.328 e. The van der Waals surface area contributed by atoms with Crippen LogP contribution in [0.4, 0.5) is 5.82 Å². The van der Waals surface area contributed by atoms with E-state index < -0.39 is 0 Å². The number of hydrogen-bond acceptors (Lipinski definition) is 4. The molecule has 1 aliphatic carbocycles. The highest BCUT2D eigenvalue weighted by Crippen LogP contribution is 2.25. The molecular weight excluding hydrogens is 266 g/mol. The van der Waals surface area contributed by atoms with Crippen LogP contribution in [-0.2, 0) is 4.79 Å². The van der Waals surface area contributed by atoms with Gasteiger partial charge in [-0.3, -0.25) is 4.79 Å². The zero-order chi connectivity index (χ0) is 12.5. The Morgan fingerprint density at radius 2 is 2.21 bits per heavy atom. The maximum Gasteiger partial charge on any atom is 0.228 e. The van der Waals surface area contributed by atoms with Gasteiger partial charge < -0.3 is 11.1 Å². The number of carbonyl (C=O) groups excluding carboxylic acids is 1. The lowest BCUT2D eigenvalue weighted by Gasteiger charge is -2.11. The van der Waals surface area contributed by atoms with Crippen molar-refractivity contribution in [2.24, 2.45) is 11.7 Å². The molecule has 1 aliphatic rings. The molecule has 0 radical (unpaired) electrons. The van der Waals surface area contributed by atoms with Gasteiger partial charge in [-0.15, -0.1) is 12.4 Å². The van der Waals surface area contributed by atoms with Gasteiger partial charge in [-0.25, -0.2) is 4.98 Å². The zero-order valence-electron chi connectivity index (χ0n) is 10.3. The van der Waals surface area contributed by atoms with Gasteiger partial charge in [0.1, 0.15) is 5.82 Å². The Hall–Kier alpha value is -1.66. The molecule has 0 spiro atoms. The molecule has 1 amide bonds. The van der Waals surface area contributed by atoms with Gasteiger partial charge in [0.25, 0.3) is 0 Å². The van der Waals surface area contributed by atoms with E-state index in [-0.39, 0.29) is 30.3 Å². The fourth-order valence-electron chi connectivity index (χ4n) is 2.41. The Morgan fingerprint density at radius 3 is 2.95 bits per heavy atom. The number of nitrogens with one attached hydrogen (secondary N) is 1. The molecule has 6 nitrogen and oxygen atoms in total. The first kappa shape index (κ1) is 13.8. The lowest BCUT2D eigenvalue weighted by Crippen LogP contribution is -2.24. The SMILES string of the molecule is Cl.NC1CCC(C(=O)Nc2ccnc3ccnn23)C1. The lowest BCUT2D eigenvalue weighted by atomic mass is 10.1. The number of amides is 1. The second-order valence-electron chi connectivity index (χ2n) is 4.69. The summed E-state index contributed by atoms with van der Waals surface area (Å²) >= 11 is 0. The Morgan fingerprint density at radius 1 is 1.37 bits per heavy atom. The molecule has 0 aromatic carbocycles. The molecule has 7 heteroatoms. The number of anilines is 1. The first-order chi connectivity index (χ1) is 8.74. The van der Waals surface area contributed by atoms with Crippen molar-refractivity contribution in [3.8, 4) is 0 Å². The molecule has 2 heterocycles. The number of halogens is 1. The average Bonchev–Trinajstić information content (AvgIpc) is 2.97. The highest BCUT2D eigenvalue weighted by molar-refractivity contribution is 5.92. The number of rotatable bonds is 2. The highest BCUT2D eigenvalue weighted by Gasteiger charge is 2.28. The summed E-state index contributed by atoms with van der Waals surface area (Å²) in [6.07, 6.45) is 5.86. The van der Waals surface area contributed by atoms with E-state index >= 15 is 0 Å². The number of fused-ring (bicyclic) bond motifs is 1. The fourth-order valence-corrected chi connectivity index (χ4v) is 2.41. The molecule has 0 bridgehead atoms. The monoisotopic (exact) mass is 281 g/mol. The molecule has 3 rings (SSSR count). The molecular formula is C12H16ClN5O. The molecule has 19 heavy (non-hydrogen) atoms. The van der Waals surface area contributed by atoms with E-state index in [1.165, 1.54) is 0 Å². The molecule has 0 saturated heterocycles. The third-order valence-corrected chi connectivity index (χ3v) is 3.39. The molecule has 102 valence electrons.